The molecule has 0 amide bonds. The van der Waals surface area contributed by atoms with Crippen molar-refractivity contribution in [3.05, 3.63) is 72.6 Å². The first kappa shape index (κ1) is 20.5. The fourth-order valence-corrected chi connectivity index (χ4v) is 3.74. The maximum atomic E-state index is 11.7. The lowest BCUT2D eigenvalue weighted by Gasteiger charge is -2.16. The van der Waals surface area contributed by atoms with E-state index < -0.39 is 11.5 Å². The molecule has 5 rings (SSSR count). The second-order valence-electron chi connectivity index (χ2n) is 7.99. The molecule has 0 atom stereocenters. The monoisotopic (exact) mass is 441 g/mol. The summed E-state index contributed by atoms with van der Waals surface area (Å²) < 4.78 is 0. The zero-order valence-corrected chi connectivity index (χ0v) is 18.0. The minimum Gasteiger partial charge on any atom is -0.480 e. The number of hydrogen-bond acceptors (Lipinski definition) is 7. The Labute approximate surface area is 190 Å². The highest BCUT2D eigenvalue weighted by atomic mass is 16.4. The zero-order valence-electron chi connectivity index (χ0n) is 18.0. The average Bonchev–Trinajstić information content (AvgIpc) is 3.46. The van der Waals surface area contributed by atoms with Gasteiger partial charge in [-0.1, -0.05) is 36.9 Å². The van der Waals surface area contributed by atoms with Crippen LogP contribution in [0.25, 0.3) is 16.7 Å². The molecular weight excluding hydrogens is 418 g/mol. The van der Waals surface area contributed by atoms with Crippen molar-refractivity contribution in [2.45, 2.75) is 18.4 Å². The Balaban J connectivity index is 1.49. The first-order chi connectivity index (χ1) is 16.0. The summed E-state index contributed by atoms with van der Waals surface area (Å²) in [6, 6.07) is 15.8. The van der Waals surface area contributed by atoms with Gasteiger partial charge in [-0.3, -0.25) is 0 Å². The van der Waals surface area contributed by atoms with Gasteiger partial charge in [-0.25, -0.2) is 9.78 Å². The molecule has 0 aliphatic heterocycles. The quantitative estimate of drug-likeness (QED) is 0.275. The van der Waals surface area contributed by atoms with Gasteiger partial charge in [0.1, 0.15) is 11.1 Å². The van der Waals surface area contributed by atoms with Gasteiger partial charge < -0.3 is 26.0 Å². The number of carboxylic acids is 1. The van der Waals surface area contributed by atoms with Crippen LogP contribution in [0.4, 0.5) is 23.1 Å². The number of imidazole rings is 1. The van der Waals surface area contributed by atoms with Crippen molar-refractivity contribution < 1.29 is 9.90 Å². The molecule has 9 nitrogen and oxygen atoms in total. The second-order valence-corrected chi connectivity index (χ2v) is 7.99. The van der Waals surface area contributed by atoms with Gasteiger partial charge in [0.25, 0.3) is 0 Å². The molecule has 2 heterocycles. The Bertz CT molecular complexity index is 1360. The van der Waals surface area contributed by atoms with Crippen molar-refractivity contribution in [3.8, 4) is 0 Å². The number of nitrogens with one attached hydrogen (secondary N) is 4. The molecule has 1 fully saturated rings. The highest BCUT2D eigenvalue weighted by Gasteiger charge is 2.51. The molecule has 0 radical (unpaired) electrons. The zero-order chi connectivity index (χ0) is 23.0. The molecule has 1 aliphatic rings. The van der Waals surface area contributed by atoms with Crippen LogP contribution in [-0.4, -0.2) is 43.6 Å². The van der Waals surface area contributed by atoms with Crippen LogP contribution < -0.4 is 16.0 Å². The summed E-state index contributed by atoms with van der Waals surface area (Å²) in [4.78, 5) is 27.9. The van der Waals surface area contributed by atoms with Gasteiger partial charge in [-0.05, 0) is 42.2 Å². The van der Waals surface area contributed by atoms with Crippen LogP contribution in [0.2, 0.25) is 0 Å². The number of carboxylic acid groups (broad SMARTS) is 1. The van der Waals surface area contributed by atoms with E-state index in [4.69, 9.17) is 0 Å². The molecule has 33 heavy (non-hydrogen) atoms. The molecule has 2 aromatic heterocycles. The van der Waals surface area contributed by atoms with Gasteiger partial charge in [0.15, 0.2) is 11.5 Å². The number of rotatable bonds is 8. The molecule has 0 spiro atoms. The Hall–Kier alpha value is -4.40. The third-order valence-electron chi connectivity index (χ3n) is 5.80. The van der Waals surface area contributed by atoms with Crippen LogP contribution in [0.15, 0.2) is 61.4 Å². The van der Waals surface area contributed by atoms with Crippen molar-refractivity contribution in [3.63, 3.8) is 0 Å². The number of carbonyl (C=O) groups is 1. The van der Waals surface area contributed by atoms with E-state index in [-0.39, 0.29) is 0 Å². The van der Waals surface area contributed by atoms with E-state index in [0.29, 0.717) is 35.8 Å². The number of aromatic amines is 1. The fraction of sp³-hybridized carbons (Fsp3) is 0.167. The van der Waals surface area contributed by atoms with E-state index in [0.717, 1.165) is 28.1 Å². The topological polar surface area (TPSA) is 128 Å². The first-order valence-corrected chi connectivity index (χ1v) is 10.6. The number of aromatic nitrogens is 4. The molecule has 166 valence electrons. The minimum atomic E-state index is -0.987. The summed E-state index contributed by atoms with van der Waals surface area (Å²) in [5, 5.41) is 19.1. The summed E-state index contributed by atoms with van der Waals surface area (Å²) in [6.07, 6.45) is 2.60. The van der Waals surface area contributed by atoms with Crippen LogP contribution in [-0.2, 0) is 4.79 Å². The van der Waals surface area contributed by atoms with Gasteiger partial charge in [0.2, 0.25) is 5.95 Å². The van der Waals surface area contributed by atoms with Gasteiger partial charge >= 0.3 is 5.97 Å². The highest BCUT2D eigenvalue weighted by Crippen LogP contribution is 2.40. The van der Waals surface area contributed by atoms with E-state index in [9.17, 15) is 9.90 Å². The summed E-state index contributed by atoms with van der Waals surface area (Å²) in [7, 11) is 1.87. The minimum absolute atomic E-state index is 0.312. The maximum absolute atomic E-state index is 11.7. The Kier molecular flexibility index (Phi) is 4.93. The largest absolute Gasteiger partial charge is 0.480 e. The van der Waals surface area contributed by atoms with Gasteiger partial charge in [0.05, 0.1) is 6.33 Å². The van der Waals surface area contributed by atoms with Crippen molar-refractivity contribution >= 4 is 45.8 Å². The maximum Gasteiger partial charge on any atom is 0.329 e. The van der Waals surface area contributed by atoms with Gasteiger partial charge in [-0.2, -0.15) is 9.97 Å². The number of nitrogens with zero attached hydrogens (tertiary/aromatic N) is 3. The number of anilines is 4. The Morgan fingerprint density at radius 2 is 1.94 bits per heavy atom. The predicted octanol–water partition coefficient (Wildman–Crippen LogP) is 4.23. The van der Waals surface area contributed by atoms with E-state index in [2.05, 4.69) is 42.5 Å². The molecular formula is C24H23N7O2. The summed E-state index contributed by atoms with van der Waals surface area (Å²) in [5.41, 5.74) is 4.57. The van der Waals surface area contributed by atoms with Crippen LogP contribution in [0, 0.1) is 0 Å². The molecule has 2 aromatic carbocycles. The molecule has 9 heteroatoms. The lowest BCUT2D eigenvalue weighted by atomic mass is 9.97. The van der Waals surface area contributed by atoms with E-state index in [1.165, 1.54) is 6.33 Å². The molecule has 0 unspecified atom stereocenters. The highest BCUT2D eigenvalue weighted by molar-refractivity contribution is 5.91. The molecule has 1 saturated carbocycles. The molecule has 1 aliphatic carbocycles. The van der Waals surface area contributed by atoms with Crippen molar-refractivity contribution in [1.29, 1.82) is 0 Å². The number of hydrogen-bond donors (Lipinski definition) is 5. The standard InChI is InChI=1S/C24H23N7O2/c1-14(15-6-4-3-5-7-15)17-12-16(8-9-18(17)25-2)28-23-29-20-19(26-13-27-20)21(30-23)31-24(10-11-24)22(32)33/h3-9,12-13,25H,1,10-11H2,2H3,(H,32,33)(H3,26,27,28,29,30,31). The summed E-state index contributed by atoms with van der Waals surface area (Å²) >= 11 is 0. The number of benzene rings is 2. The van der Waals surface area contributed by atoms with Crippen LogP contribution >= 0.6 is 0 Å². The van der Waals surface area contributed by atoms with E-state index >= 15 is 0 Å². The van der Waals surface area contributed by atoms with Gasteiger partial charge in [0, 0.05) is 24.0 Å². The summed E-state index contributed by atoms with van der Waals surface area (Å²) in [6.45, 7) is 4.29. The Morgan fingerprint density at radius 3 is 2.64 bits per heavy atom. The molecule has 0 bridgehead atoms. The molecule has 4 aromatic rings. The van der Waals surface area contributed by atoms with E-state index in [1.54, 1.807) is 0 Å². The van der Waals surface area contributed by atoms with Crippen molar-refractivity contribution in [1.82, 2.24) is 19.9 Å². The second kappa shape index (κ2) is 7.94. The smallest absolute Gasteiger partial charge is 0.329 e. The predicted molar refractivity (Wildman–Crippen MR) is 129 cm³/mol. The number of H-pyrrole nitrogens is 1. The third kappa shape index (κ3) is 3.84. The van der Waals surface area contributed by atoms with Crippen LogP contribution in [0.5, 0.6) is 0 Å². The molecule has 0 saturated heterocycles. The lowest BCUT2D eigenvalue weighted by molar-refractivity contribution is -0.138. The van der Waals surface area contributed by atoms with Crippen molar-refractivity contribution in [2.24, 2.45) is 0 Å². The first-order valence-electron chi connectivity index (χ1n) is 10.6. The molecule has 5 N–H and O–H groups in total. The normalized spacial score (nSPS) is 14.0. The SMILES string of the molecule is C=C(c1ccccc1)c1cc(Nc2nc(NC3(C(=O)O)CC3)c3[nH]cnc3n2)ccc1NC. The van der Waals surface area contributed by atoms with Crippen molar-refractivity contribution in [2.75, 3.05) is 23.0 Å². The Morgan fingerprint density at radius 1 is 1.15 bits per heavy atom. The summed E-state index contributed by atoms with van der Waals surface area (Å²) in [5.74, 6) is -0.178. The van der Waals surface area contributed by atoms with Crippen LogP contribution in [0.3, 0.4) is 0 Å². The van der Waals surface area contributed by atoms with Gasteiger partial charge in [-0.15, -0.1) is 0 Å². The number of fused-ring (bicyclic) bond motifs is 1. The number of aliphatic carboxylic acids is 1. The van der Waals surface area contributed by atoms with E-state index in [1.807, 2.05) is 55.6 Å². The lowest BCUT2D eigenvalue weighted by Crippen LogP contribution is -2.32. The average molecular weight is 441 g/mol. The fourth-order valence-electron chi connectivity index (χ4n) is 3.74. The third-order valence-corrected chi connectivity index (χ3v) is 5.80. The van der Waals surface area contributed by atoms with Crippen LogP contribution in [0.1, 0.15) is 24.0 Å².